The van der Waals surface area contributed by atoms with Crippen LogP contribution in [0.5, 0.6) is 11.5 Å². The van der Waals surface area contributed by atoms with Crippen molar-refractivity contribution in [2.24, 2.45) is 0 Å². The first-order chi connectivity index (χ1) is 15.4. The second kappa shape index (κ2) is 9.50. The third-order valence-electron chi connectivity index (χ3n) is 6.39. The summed E-state index contributed by atoms with van der Waals surface area (Å²) in [6, 6.07) is 12.3. The molecule has 0 aromatic heterocycles. The molecule has 1 N–H and O–H groups in total. The lowest BCUT2D eigenvalue weighted by Crippen LogP contribution is -2.33. The number of nitrogens with one attached hydrogen (secondary N) is 1. The third kappa shape index (κ3) is 4.61. The van der Waals surface area contributed by atoms with Crippen LogP contribution in [-0.4, -0.2) is 46.0 Å². The van der Waals surface area contributed by atoms with Crippen molar-refractivity contribution in [1.29, 1.82) is 0 Å². The number of carbonyl (C=O) groups excluding carboxylic acids is 1. The molecule has 1 atom stereocenters. The van der Waals surface area contributed by atoms with Gasteiger partial charge in [0.2, 0.25) is 10.0 Å². The summed E-state index contributed by atoms with van der Waals surface area (Å²) < 4.78 is 39.5. The molecule has 0 spiro atoms. The van der Waals surface area contributed by atoms with E-state index in [4.69, 9.17) is 9.47 Å². The van der Waals surface area contributed by atoms with Crippen molar-refractivity contribution in [1.82, 2.24) is 9.62 Å². The first-order valence-corrected chi connectivity index (χ1v) is 12.6. The van der Waals surface area contributed by atoms with Crippen molar-refractivity contribution in [2.75, 3.05) is 20.8 Å². The summed E-state index contributed by atoms with van der Waals surface area (Å²) in [5, 5.41) is 0. The SMILES string of the molecule is COc1ccc([C@H]2CCCN2C(=O)c2ccc(OC)c(S(=O)(=O)NC3CCCC3)c2)cc1. The monoisotopic (exact) mass is 458 g/mol. The van der Waals surface area contributed by atoms with Crippen molar-refractivity contribution < 1.29 is 22.7 Å². The Kier molecular flexibility index (Phi) is 6.71. The molecule has 1 aliphatic carbocycles. The van der Waals surface area contributed by atoms with E-state index in [1.807, 2.05) is 29.2 Å². The Balaban J connectivity index is 1.61. The van der Waals surface area contributed by atoms with Crippen LogP contribution in [0.25, 0.3) is 0 Å². The number of carbonyl (C=O) groups is 1. The van der Waals surface area contributed by atoms with Crippen LogP contribution in [0.3, 0.4) is 0 Å². The van der Waals surface area contributed by atoms with Crippen LogP contribution in [0.15, 0.2) is 47.4 Å². The van der Waals surface area contributed by atoms with E-state index in [0.717, 1.165) is 49.8 Å². The van der Waals surface area contributed by atoms with Crippen LogP contribution in [0.2, 0.25) is 0 Å². The molecule has 1 aliphatic heterocycles. The van der Waals surface area contributed by atoms with Gasteiger partial charge in [0, 0.05) is 18.2 Å². The van der Waals surface area contributed by atoms with Gasteiger partial charge in [-0.05, 0) is 61.6 Å². The fraction of sp³-hybridized carbons (Fsp3) is 0.458. The van der Waals surface area contributed by atoms with E-state index in [1.165, 1.54) is 13.2 Å². The summed E-state index contributed by atoms with van der Waals surface area (Å²) in [6.07, 6.45) is 5.46. The van der Waals surface area contributed by atoms with Crippen LogP contribution in [0, 0.1) is 0 Å². The molecule has 7 nitrogen and oxygen atoms in total. The van der Waals surface area contributed by atoms with Gasteiger partial charge >= 0.3 is 0 Å². The van der Waals surface area contributed by atoms with Crippen molar-refractivity contribution in [3.8, 4) is 11.5 Å². The first kappa shape index (κ1) is 22.6. The summed E-state index contributed by atoms with van der Waals surface area (Å²) in [7, 11) is -0.741. The highest BCUT2D eigenvalue weighted by Crippen LogP contribution is 2.35. The molecular formula is C24H30N2O5S. The number of rotatable bonds is 7. The zero-order valence-electron chi connectivity index (χ0n) is 18.5. The molecule has 2 aliphatic rings. The van der Waals surface area contributed by atoms with E-state index in [1.54, 1.807) is 19.2 Å². The Morgan fingerprint density at radius 2 is 1.69 bits per heavy atom. The average molecular weight is 459 g/mol. The van der Waals surface area contributed by atoms with E-state index in [0.29, 0.717) is 12.1 Å². The van der Waals surface area contributed by atoms with Gasteiger partial charge in [0.05, 0.1) is 20.3 Å². The minimum Gasteiger partial charge on any atom is -0.497 e. The molecule has 1 saturated heterocycles. The average Bonchev–Trinajstić information content (AvgIpc) is 3.50. The number of sulfonamides is 1. The predicted molar refractivity (Wildman–Crippen MR) is 122 cm³/mol. The highest BCUT2D eigenvalue weighted by Gasteiger charge is 2.32. The summed E-state index contributed by atoms with van der Waals surface area (Å²) in [5.74, 6) is 0.827. The normalized spacial score (nSPS) is 19.3. The quantitative estimate of drug-likeness (QED) is 0.680. The van der Waals surface area contributed by atoms with Gasteiger partial charge in [0.1, 0.15) is 16.4 Å². The smallest absolute Gasteiger partial charge is 0.254 e. The number of hydrogen-bond acceptors (Lipinski definition) is 5. The minimum absolute atomic E-state index is 0.0120. The van der Waals surface area contributed by atoms with Crippen molar-refractivity contribution in [3.63, 3.8) is 0 Å². The molecule has 1 saturated carbocycles. The van der Waals surface area contributed by atoms with E-state index >= 15 is 0 Å². The van der Waals surface area contributed by atoms with Crippen LogP contribution in [-0.2, 0) is 10.0 Å². The summed E-state index contributed by atoms with van der Waals surface area (Å²) in [5.41, 5.74) is 1.39. The van der Waals surface area contributed by atoms with Gasteiger partial charge in [-0.3, -0.25) is 4.79 Å². The largest absolute Gasteiger partial charge is 0.497 e. The van der Waals surface area contributed by atoms with E-state index in [9.17, 15) is 13.2 Å². The van der Waals surface area contributed by atoms with Gasteiger partial charge < -0.3 is 14.4 Å². The van der Waals surface area contributed by atoms with Gasteiger partial charge in [-0.1, -0.05) is 25.0 Å². The molecule has 1 heterocycles. The van der Waals surface area contributed by atoms with Crippen molar-refractivity contribution >= 4 is 15.9 Å². The van der Waals surface area contributed by atoms with Crippen LogP contribution < -0.4 is 14.2 Å². The first-order valence-electron chi connectivity index (χ1n) is 11.1. The Labute approximate surface area is 189 Å². The molecule has 32 heavy (non-hydrogen) atoms. The van der Waals surface area contributed by atoms with E-state index < -0.39 is 10.0 Å². The van der Waals surface area contributed by atoms with Crippen molar-refractivity contribution in [3.05, 3.63) is 53.6 Å². The molecule has 0 bridgehead atoms. The predicted octanol–water partition coefficient (Wildman–Crippen LogP) is 3.90. The zero-order valence-corrected chi connectivity index (χ0v) is 19.4. The molecule has 2 aromatic carbocycles. The molecule has 4 rings (SSSR count). The number of likely N-dealkylation sites (tertiary alicyclic amines) is 1. The lowest BCUT2D eigenvalue weighted by molar-refractivity contribution is 0.0735. The maximum atomic E-state index is 13.4. The maximum Gasteiger partial charge on any atom is 0.254 e. The number of benzene rings is 2. The summed E-state index contributed by atoms with van der Waals surface area (Å²) in [4.78, 5) is 15.3. The molecule has 0 unspecified atom stereocenters. The number of nitrogens with zero attached hydrogens (tertiary/aromatic N) is 1. The molecule has 2 fully saturated rings. The fourth-order valence-corrected chi connectivity index (χ4v) is 6.19. The molecule has 1 amide bonds. The maximum absolute atomic E-state index is 13.4. The Bertz CT molecular complexity index is 1060. The van der Waals surface area contributed by atoms with E-state index in [2.05, 4.69) is 4.72 Å². The molecular weight excluding hydrogens is 428 g/mol. The Morgan fingerprint density at radius 3 is 2.34 bits per heavy atom. The molecule has 2 aromatic rings. The molecule has 172 valence electrons. The zero-order chi connectivity index (χ0) is 22.7. The molecule has 0 radical (unpaired) electrons. The standard InChI is InChI=1S/C24H30N2O5S/c1-30-20-12-9-17(10-13-20)21-8-5-15-26(21)24(27)18-11-14-22(31-2)23(16-18)32(28,29)25-19-6-3-4-7-19/h9-14,16,19,21,25H,3-8,15H2,1-2H3/t21-/m1/s1. The van der Waals surface area contributed by atoms with Gasteiger partial charge in [0.15, 0.2) is 0 Å². The summed E-state index contributed by atoms with van der Waals surface area (Å²) in [6.45, 7) is 0.629. The van der Waals surface area contributed by atoms with Crippen LogP contribution in [0.1, 0.15) is 60.5 Å². The second-order valence-corrected chi connectivity index (χ2v) is 10.1. The second-order valence-electron chi connectivity index (χ2n) is 8.40. The number of ether oxygens (including phenoxy) is 2. The number of amides is 1. The van der Waals surface area contributed by atoms with E-state index in [-0.39, 0.29) is 28.6 Å². The van der Waals surface area contributed by atoms with Crippen LogP contribution in [0.4, 0.5) is 0 Å². The van der Waals surface area contributed by atoms with Gasteiger partial charge in [0.25, 0.3) is 5.91 Å². The third-order valence-corrected chi connectivity index (χ3v) is 7.93. The molecule has 8 heteroatoms. The fourth-order valence-electron chi connectivity index (χ4n) is 4.69. The van der Waals surface area contributed by atoms with Gasteiger partial charge in [-0.2, -0.15) is 0 Å². The Morgan fingerprint density at radius 1 is 0.969 bits per heavy atom. The highest BCUT2D eigenvalue weighted by molar-refractivity contribution is 7.89. The number of hydrogen-bond donors (Lipinski definition) is 1. The highest BCUT2D eigenvalue weighted by atomic mass is 32.2. The van der Waals surface area contributed by atoms with Gasteiger partial charge in [-0.15, -0.1) is 0 Å². The summed E-state index contributed by atoms with van der Waals surface area (Å²) >= 11 is 0. The van der Waals surface area contributed by atoms with Crippen LogP contribution >= 0.6 is 0 Å². The van der Waals surface area contributed by atoms with Crippen molar-refractivity contribution in [2.45, 2.75) is 55.5 Å². The minimum atomic E-state index is -3.80. The lowest BCUT2D eigenvalue weighted by Gasteiger charge is -2.26. The Hall–Kier alpha value is -2.58. The van der Waals surface area contributed by atoms with Gasteiger partial charge in [-0.25, -0.2) is 13.1 Å². The number of methoxy groups -OCH3 is 2. The lowest BCUT2D eigenvalue weighted by atomic mass is 10.0. The topological polar surface area (TPSA) is 84.9 Å².